The van der Waals surface area contributed by atoms with Crippen molar-refractivity contribution >= 4 is 17.6 Å². The molecule has 1 aliphatic heterocycles. The van der Waals surface area contributed by atoms with Gasteiger partial charge in [0, 0.05) is 17.7 Å². The number of ketones is 2. The van der Waals surface area contributed by atoms with E-state index >= 15 is 0 Å². The smallest absolute Gasteiger partial charge is 0.231 e. The number of carbonyl (C=O) groups excluding carboxylic acids is 2. The summed E-state index contributed by atoms with van der Waals surface area (Å²) in [5.74, 6) is 2.05. The number of ether oxygens (including phenoxy) is 5. The Balaban J connectivity index is 1.95. The minimum absolute atomic E-state index is 0.0454. The Morgan fingerprint density at radius 2 is 1.82 bits per heavy atom. The number of allylic oxidation sites excluding steroid dienone is 1. The van der Waals surface area contributed by atoms with Crippen LogP contribution in [-0.2, 0) is 4.79 Å². The molecule has 0 saturated heterocycles. The Morgan fingerprint density at radius 1 is 1.04 bits per heavy atom. The first kappa shape index (κ1) is 19.3. The molecular formula is C21H20O7. The maximum atomic E-state index is 12.7. The Kier molecular flexibility index (Phi) is 5.54. The van der Waals surface area contributed by atoms with E-state index in [1.807, 2.05) is 0 Å². The largest absolute Gasteiger partial charge is 0.497 e. The molecule has 7 heteroatoms. The number of hydrogen-bond acceptors (Lipinski definition) is 7. The van der Waals surface area contributed by atoms with Gasteiger partial charge in [0.1, 0.15) is 23.9 Å². The van der Waals surface area contributed by atoms with Crippen molar-refractivity contribution in [1.82, 2.24) is 0 Å². The second-order valence-electron chi connectivity index (χ2n) is 6.04. The maximum absolute atomic E-state index is 12.7. The first-order chi connectivity index (χ1) is 13.5. The first-order valence-corrected chi connectivity index (χ1v) is 8.47. The van der Waals surface area contributed by atoms with Crippen LogP contribution >= 0.6 is 0 Å². The van der Waals surface area contributed by atoms with E-state index in [-0.39, 0.29) is 23.9 Å². The Bertz CT molecular complexity index is 959. The molecule has 1 aliphatic rings. The molecule has 0 amide bonds. The number of Topliss-reactive ketones (excluding diaryl/α,β-unsaturated/α-hetero) is 2. The summed E-state index contributed by atoms with van der Waals surface area (Å²) < 4.78 is 27.1. The van der Waals surface area contributed by atoms with Crippen LogP contribution in [0.2, 0.25) is 0 Å². The molecule has 0 spiro atoms. The van der Waals surface area contributed by atoms with Crippen molar-refractivity contribution in [2.75, 3.05) is 27.9 Å². The third kappa shape index (κ3) is 3.78. The highest BCUT2D eigenvalue weighted by molar-refractivity contribution is 6.14. The van der Waals surface area contributed by atoms with Gasteiger partial charge in [-0.2, -0.15) is 0 Å². The lowest BCUT2D eigenvalue weighted by molar-refractivity contribution is -0.118. The standard InChI is InChI=1S/C21H20O7/c1-12(22)11-27-14-5-6-16-17(9-14)28-18(20(16)23)8-13-7-15(24-2)10-19(25-3)21(13)26-4/h5-10H,11H2,1-4H3. The Labute approximate surface area is 162 Å². The van der Waals surface area contributed by atoms with Gasteiger partial charge in [0.05, 0.1) is 26.9 Å². The summed E-state index contributed by atoms with van der Waals surface area (Å²) in [6.45, 7) is 1.39. The van der Waals surface area contributed by atoms with Gasteiger partial charge >= 0.3 is 0 Å². The van der Waals surface area contributed by atoms with Gasteiger partial charge in [-0.3, -0.25) is 9.59 Å². The average molecular weight is 384 g/mol. The number of methoxy groups -OCH3 is 3. The molecule has 0 N–H and O–H groups in total. The van der Waals surface area contributed by atoms with Crippen LogP contribution in [-0.4, -0.2) is 39.5 Å². The summed E-state index contributed by atoms with van der Waals surface area (Å²) >= 11 is 0. The summed E-state index contributed by atoms with van der Waals surface area (Å²) in [7, 11) is 4.56. The molecule has 1 heterocycles. The summed E-state index contributed by atoms with van der Waals surface area (Å²) in [5.41, 5.74) is 0.984. The summed E-state index contributed by atoms with van der Waals surface area (Å²) in [5, 5.41) is 0. The van der Waals surface area contributed by atoms with Crippen molar-refractivity contribution in [3.8, 4) is 28.7 Å². The molecule has 3 rings (SSSR count). The fourth-order valence-corrected chi connectivity index (χ4v) is 2.78. The zero-order valence-electron chi connectivity index (χ0n) is 16.0. The van der Waals surface area contributed by atoms with E-state index < -0.39 is 0 Å². The van der Waals surface area contributed by atoms with Crippen LogP contribution < -0.4 is 23.7 Å². The fourth-order valence-electron chi connectivity index (χ4n) is 2.78. The Hall–Kier alpha value is -3.48. The fraction of sp³-hybridized carbons (Fsp3) is 0.238. The van der Waals surface area contributed by atoms with Crippen molar-refractivity contribution in [3.05, 3.63) is 47.2 Å². The van der Waals surface area contributed by atoms with E-state index in [4.69, 9.17) is 23.7 Å². The van der Waals surface area contributed by atoms with Crippen LogP contribution in [0.25, 0.3) is 6.08 Å². The minimum atomic E-state index is -0.267. The highest BCUT2D eigenvalue weighted by atomic mass is 16.5. The molecular weight excluding hydrogens is 364 g/mol. The summed E-state index contributed by atoms with van der Waals surface area (Å²) in [6, 6.07) is 8.22. The van der Waals surface area contributed by atoms with Crippen molar-refractivity contribution in [2.45, 2.75) is 6.92 Å². The lowest BCUT2D eigenvalue weighted by atomic mass is 10.1. The van der Waals surface area contributed by atoms with Crippen molar-refractivity contribution < 1.29 is 33.3 Å². The van der Waals surface area contributed by atoms with Crippen molar-refractivity contribution in [1.29, 1.82) is 0 Å². The van der Waals surface area contributed by atoms with E-state index in [2.05, 4.69) is 0 Å². The van der Waals surface area contributed by atoms with Gasteiger partial charge in [0.2, 0.25) is 5.78 Å². The van der Waals surface area contributed by atoms with Crippen LogP contribution in [0, 0.1) is 0 Å². The zero-order chi connectivity index (χ0) is 20.3. The zero-order valence-corrected chi connectivity index (χ0v) is 16.0. The van der Waals surface area contributed by atoms with Gasteiger partial charge in [-0.25, -0.2) is 0 Å². The van der Waals surface area contributed by atoms with E-state index in [0.29, 0.717) is 39.9 Å². The predicted molar refractivity (Wildman–Crippen MR) is 102 cm³/mol. The number of benzene rings is 2. The van der Waals surface area contributed by atoms with Crippen LogP contribution in [0.1, 0.15) is 22.8 Å². The lowest BCUT2D eigenvalue weighted by Crippen LogP contribution is -2.06. The normalized spacial score (nSPS) is 13.7. The van der Waals surface area contributed by atoms with Crippen molar-refractivity contribution in [3.63, 3.8) is 0 Å². The van der Waals surface area contributed by atoms with E-state index in [9.17, 15) is 9.59 Å². The predicted octanol–water partition coefficient (Wildman–Crippen LogP) is 3.30. The molecule has 0 aliphatic carbocycles. The average Bonchev–Trinajstić information content (AvgIpc) is 3.00. The van der Waals surface area contributed by atoms with Gasteiger partial charge in [0.15, 0.2) is 23.0 Å². The Morgan fingerprint density at radius 3 is 2.46 bits per heavy atom. The maximum Gasteiger partial charge on any atom is 0.231 e. The second-order valence-corrected chi connectivity index (χ2v) is 6.04. The topological polar surface area (TPSA) is 80.3 Å². The first-order valence-electron chi connectivity index (χ1n) is 8.47. The van der Waals surface area contributed by atoms with Gasteiger partial charge in [-0.1, -0.05) is 0 Å². The van der Waals surface area contributed by atoms with Crippen LogP contribution in [0.3, 0.4) is 0 Å². The van der Waals surface area contributed by atoms with Crippen LogP contribution in [0.5, 0.6) is 28.7 Å². The molecule has 0 fully saturated rings. The number of hydrogen-bond donors (Lipinski definition) is 0. The monoisotopic (exact) mass is 384 g/mol. The third-order valence-electron chi connectivity index (χ3n) is 4.09. The number of carbonyl (C=O) groups is 2. The van der Waals surface area contributed by atoms with Crippen LogP contribution in [0.4, 0.5) is 0 Å². The molecule has 0 bridgehead atoms. The number of rotatable bonds is 7. The minimum Gasteiger partial charge on any atom is -0.497 e. The molecule has 0 aromatic heterocycles. The molecule has 0 saturated carbocycles. The molecule has 0 unspecified atom stereocenters. The molecule has 7 nitrogen and oxygen atoms in total. The quantitative estimate of drug-likeness (QED) is 0.678. The SMILES string of the molecule is COc1cc(C=C2Oc3cc(OCC(C)=O)ccc3C2=O)c(OC)c(OC)c1. The summed E-state index contributed by atoms with van der Waals surface area (Å²) in [6.07, 6.45) is 1.57. The highest BCUT2D eigenvalue weighted by Gasteiger charge is 2.28. The second kappa shape index (κ2) is 8.04. The van der Waals surface area contributed by atoms with E-state index in [1.165, 1.54) is 28.3 Å². The van der Waals surface area contributed by atoms with E-state index in [1.54, 1.807) is 36.4 Å². The number of fused-ring (bicyclic) bond motifs is 1. The molecule has 2 aromatic rings. The molecule has 146 valence electrons. The van der Waals surface area contributed by atoms with Gasteiger partial charge in [-0.05, 0) is 31.2 Å². The molecule has 0 radical (unpaired) electrons. The summed E-state index contributed by atoms with van der Waals surface area (Å²) in [4.78, 5) is 23.8. The van der Waals surface area contributed by atoms with Gasteiger partial charge in [0.25, 0.3) is 0 Å². The van der Waals surface area contributed by atoms with Gasteiger partial charge in [-0.15, -0.1) is 0 Å². The van der Waals surface area contributed by atoms with Crippen LogP contribution in [0.15, 0.2) is 36.1 Å². The lowest BCUT2D eigenvalue weighted by Gasteiger charge is -2.13. The van der Waals surface area contributed by atoms with Crippen molar-refractivity contribution in [2.24, 2.45) is 0 Å². The third-order valence-corrected chi connectivity index (χ3v) is 4.09. The molecule has 28 heavy (non-hydrogen) atoms. The molecule has 2 aromatic carbocycles. The van der Waals surface area contributed by atoms with Gasteiger partial charge < -0.3 is 23.7 Å². The highest BCUT2D eigenvalue weighted by Crippen LogP contribution is 2.39. The van der Waals surface area contributed by atoms with E-state index in [0.717, 1.165) is 0 Å². The molecule has 0 atom stereocenters.